The summed E-state index contributed by atoms with van der Waals surface area (Å²) < 4.78 is 5.22. The lowest BCUT2D eigenvalue weighted by Gasteiger charge is -2.37. The number of hydrogen-bond acceptors (Lipinski definition) is 6. The molecule has 1 fully saturated rings. The lowest BCUT2D eigenvalue weighted by atomic mass is 10.0. The van der Waals surface area contributed by atoms with Crippen LogP contribution in [0.15, 0.2) is 54.4 Å². The van der Waals surface area contributed by atoms with E-state index in [0.717, 1.165) is 24.5 Å². The first-order valence-electron chi connectivity index (χ1n) is 9.80. The molecule has 0 atom stereocenters. The maximum Gasteiger partial charge on any atom is 0.277 e. The van der Waals surface area contributed by atoms with Gasteiger partial charge in [0.15, 0.2) is 0 Å². The van der Waals surface area contributed by atoms with Gasteiger partial charge >= 0.3 is 0 Å². The van der Waals surface area contributed by atoms with Gasteiger partial charge in [-0.3, -0.25) is 14.5 Å². The Bertz CT molecular complexity index is 932. The van der Waals surface area contributed by atoms with E-state index in [2.05, 4.69) is 9.88 Å². The number of imide groups is 1. The predicted octanol–water partition coefficient (Wildman–Crippen LogP) is 2.01. The SMILES string of the molecule is CCN1C(=O)C(c2ccc(OC)cc2)=C(N2CCN(c3ccccn3)CC2)C1=O. The number of amides is 2. The lowest BCUT2D eigenvalue weighted by Crippen LogP contribution is -2.47. The molecule has 0 aliphatic carbocycles. The smallest absolute Gasteiger partial charge is 0.277 e. The minimum absolute atomic E-state index is 0.213. The summed E-state index contributed by atoms with van der Waals surface area (Å²) in [6.45, 7) is 4.97. The van der Waals surface area contributed by atoms with Crippen LogP contribution in [-0.2, 0) is 9.59 Å². The molecule has 7 nitrogen and oxygen atoms in total. The van der Waals surface area contributed by atoms with Crippen LogP contribution in [0.3, 0.4) is 0 Å². The molecule has 2 aromatic rings. The Balaban J connectivity index is 1.63. The van der Waals surface area contributed by atoms with Crippen molar-refractivity contribution >= 4 is 23.2 Å². The number of rotatable bonds is 5. The largest absolute Gasteiger partial charge is 0.497 e. The van der Waals surface area contributed by atoms with Gasteiger partial charge in [-0.05, 0) is 36.8 Å². The Morgan fingerprint density at radius 3 is 2.21 bits per heavy atom. The van der Waals surface area contributed by atoms with Crippen LogP contribution in [0.1, 0.15) is 12.5 Å². The summed E-state index contributed by atoms with van der Waals surface area (Å²) in [5.41, 5.74) is 1.72. The van der Waals surface area contributed by atoms with Gasteiger partial charge in [0.1, 0.15) is 17.3 Å². The maximum absolute atomic E-state index is 13.1. The van der Waals surface area contributed by atoms with E-state index in [4.69, 9.17) is 4.74 Å². The molecule has 2 aliphatic heterocycles. The molecule has 0 saturated carbocycles. The number of benzene rings is 1. The number of nitrogens with zero attached hydrogens (tertiary/aromatic N) is 4. The van der Waals surface area contributed by atoms with Gasteiger partial charge in [-0.2, -0.15) is 0 Å². The molecule has 1 saturated heterocycles. The molecule has 29 heavy (non-hydrogen) atoms. The molecule has 0 N–H and O–H groups in total. The minimum Gasteiger partial charge on any atom is -0.497 e. The van der Waals surface area contributed by atoms with Crippen LogP contribution in [-0.4, -0.2) is 66.4 Å². The number of likely N-dealkylation sites (N-methyl/N-ethyl adjacent to an activating group) is 1. The zero-order valence-corrected chi connectivity index (χ0v) is 16.7. The molecule has 3 heterocycles. The van der Waals surface area contributed by atoms with E-state index >= 15 is 0 Å². The summed E-state index contributed by atoms with van der Waals surface area (Å²) in [7, 11) is 1.60. The second-order valence-electron chi connectivity index (χ2n) is 6.97. The van der Waals surface area contributed by atoms with Crippen LogP contribution >= 0.6 is 0 Å². The zero-order chi connectivity index (χ0) is 20.4. The maximum atomic E-state index is 13.1. The van der Waals surface area contributed by atoms with Crippen molar-refractivity contribution in [3.05, 3.63) is 59.9 Å². The van der Waals surface area contributed by atoms with E-state index in [-0.39, 0.29) is 11.8 Å². The molecule has 0 unspecified atom stereocenters. The fraction of sp³-hybridized carbons (Fsp3) is 0.318. The summed E-state index contributed by atoms with van der Waals surface area (Å²) in [6, 6.07) is 13.1. The molecule has 2 amide bonds. The lowest BCUT2D eigenvalue weighted by molar-refractivity contribution is -0.137. The van der Waals surface area contributed by atoms with Gasteiger partial charge in [0.2, 0.25) is 0 Å². The highest BCUT2D eigenvalue weighted by molar-refractivity contribution is 6.35. The standard InChI is InChI=1S/C22H24N4O3/c1-3-26-21(27)19(16-7-9-17(29-2)10-8-16)20(22(26)28)25-14-12-24(13-15-25)18-6-4-5-11-23-18/h4-11H,3,12-15H2,1-2H3. The first-order chi connectivity index (χ1) is 14.1. The van der Waals surface area contributed by atoms with E-state index < -0.39 is 0 Å². The molecule has 0 bridgehead atoms. The average Bonchev–Trinajstić information content (AvgIpc) is 3.04. The number of anilines is 1. The number of methoxy groups -OCH3 is 1. The highest BCUT2D eigenvalue weighted by atomic mass is 16.5. The summed E-state index contributed by atoms with van der Waals surface area (Å²) >= 11 is 0. The summed E-state index contributed by atoms with van der Waals surface area (Å²) in [4.78, 5) is 36.0. The van der Waals surface area contributed by atoms with Crippen LogP contribution in [0.2, 0.25) is 0 Å². The third-order valence-corrected chi connectivity index (χ3v) is 5.41. The molecule has 4 rings (SSSR count). The molecule has 2 aliphatic rings. The quantitative estimate of drug-likeness (QED) is 0.726. The molecular formula is C22H24N4O3. The van der Waals surface area contributed by atoms with Gasteiger partial charge in [0.25, 0.3) is 11.8 Å². The van der Waals surface area contributed by atoms with E-state index in [1.54, 1.807) is 13.3 Å². The molecule has 1 aromatic carbocycles. The number of aromatic nitrogens is 1. The molecule has 150 valence electrons. The average molecular weight is 392 g/mol. The van der Waals surface area contributed by atoms with Crippen LogP contribution in [0, 0.1) is 0 Å². The Morgan fingerprint density at radius 1 is 0.931 bits per heavy atom. The second-order valence-corrected chi connectivity index (χ2v) is 6.97. The van der Waals surface area contributed by atoms with Gasteiger partial charge in [0, 0.05) is 38.9 Å². The topological polar surface area (TPSA) is 66.0 Å². The van der Waals surface area contributed by atoms with Crippen LogP contribution in [0.25, 0.3) is 5.57 Å². The van der Waals surface area contributed by atoms with Crippen LogP contribution in [0.4, 0.5) is 5.82 Å². The van der Waals surface area contributed by atoms with Crippen molar-refractivity contribution in [3.8, 4) is 5.75 Å². The molecule has 0 radical (unpaired) electrons. The first kappa shape index (κ1) is 19.0. The van der Waals surface area contributed by atoms with Gasteiger partial charge in [-0.25, -0.2) is 4.98 Å². The Labute approximate surface area is 170 Å². The predicted molar refractivity (Wildman–Crippen MR) is 110 cm³/mol. The van der Waals surface area contributed by atoms with Crippen molar-refractivity contribution < 1.29 is 14.3 Å². The number of ether oxygens (including phenoxy) is 1. The zero-order valence-electron chi connectivity index (χ0n) is 16.7. The highest BCUT2D eigenvalue weighted by Crippen LogP contribution is 2.33. The Morgan fingerprint density at radius 2 is 1.62 bits per heavy atom. The van der Waals surface area contributed by atoms with Crippen molar-refractivity contribution in [2.45, 2.75) is 6.92 Å². The van der Waals surface area contributed by atoms with Crippen molar-refractivity contribution in [3.63, 3.8) is 0 Å². The first-order valence-corrected chi connectivity index (χ1v) is 9.80. The summed E-state index contributed by atoms with van der Waals surface area (Å²) in [6.07, 6.45) is 1.78. The van der Waals surface area contributed by atoms with Crippen molar-refractivity contribution in [2.75, 3.05) is 44.7 Å². The van der Waals surface area contributed by atoms with Crippen molar-refractivity contribution in [1.82, 2.24) is 14.8 Å². The molecular weight excluding hydrogens is 368 g/mol. The van der Waals surface area contributed by atoms with Gasteiger partial charge in [-0.1, -0.05) is 18.2 Å². The fourth-order valence-corrected chi connectivity index (χ4v) is 3.86. The minimum atomic E-state index is -0.232. The van der Waals surface area contributed by atoms with Gasteiger partial charge < -0.3 is 14.5 Å². The summed E-state index contributed by atoms with van der Waals surface area (Å²) in [5.74, 6) is 1.20. The Kier molecular flexibility index (Phi) is 5.20. The highest BCUT2D eigenvalue weighted by Gasteiger charge is 2.41. The van der Waals surface area contributed by atoms with Crippen LogP contribution in [0.5, 0.6) is 5.75 Å². The van der Waals surface area contributed by atoms with Crippen molar-refractivity contribution in [1.29, 1.82) is 0 Å². The monoisotopic (exact) mass is 392 g/mol. The number of hydrogen-bond donors (Lipinski definition) is 0. The molecule has 1 aromatic heterocycles. The van der Waals surface area contributed by atoms with Gasteiger partial charge in [0.05, 0.1) is 12.7 Å². The number of piperazine rings is 1. The number of carbonyl (C=O) groups is 2. The fourth-order valence-electron chi connectivity index (χ4n) is 3.86. The van der Waals surface area contributed by atoms with E-state index in [0.29, 0.717) is 36.7 Å². The number of pyridine rings is 1. The molecule has 0 spiro atoms. The van der Waals surface area contributed by atoms with Crippen LogP contribution < -0.4 is 9.64 Å². The third kappa shape index (κ3) is 3.44. The van der Waals surface area contributed by atoms with Crippen molar-refractivity contribution in [2.24, 2.45) is 0 Å². The molecule has 7 heteroatoms. The Hall–Kier alpha value is -3.35. The van der Waals surface area contributed by atoms with E-state index in [1.165, 1.54) is 4.90 Å². The number of carbonyl (C=O) groups excluding carboxylic acids is 2. The summed E-state index contributed by atoms with van der Waals surface area (Å²) in [5, 5.41) is 0. The normalized spacial score (nSPS) is 17.4. The van der Waals surface area contributed by atoms with Gasteiger partial charge in [-0.15, -0.1) is 0 Å². The van der Waals surface area contributed by atoms with E-state index in [1.807, 2.05) is 54.3 Å². The third-order valence-electron chi connectivity index (χ3n) is 5.41. The second kappa shape index (κ2) is 7.95. The van der Waals surface area contributed by atoms with E-state index in [9.17, 15) is 9.59 Å².